The Morgan fingerprint density at radius 1 is 1.75 bits per heavy atom. The Morgan fingerprint density at radius 2 is 2.62 bits per heavy atom. The summed E-state index contributed by atoms with van der Waals surface area (Å²) >= 11 is 0. The fraction of sp³-hybridized carbons (Fsp3) is 0.857. The lowest BCUT2D eigenvalue weighted by Gasteiger charge is -1.93. The van der Waals surface area contributed by atoms with Crippen molar-refractivity contribution in [1.82, 2.24) is 0 Å². The lowest BCUT2D eigenvalue weighted by atomic mass is 10.2. The lowest BCUT2D eigenvalue weighted by Crippen LogP contribution is -1.90. The summed E-state index contributed by atoms with van der Waals surface area (Å²) in [4.78, 5) is 1.90. The molecule has 2 atom stereocenters. The van der Waals surface area contributed by atoms with E-state index in [0.29, 0.717) is 0 Å². The van der Waals surface area contributed by atoms with E-state index in [1.165, 1.54) is 24.5 Å². The molecule has 1 heteroatoms. The van der Waals surface area contributed by atoms with E-state index in [1.54, 1.807) is 5.75 Å². The molecular weight excluding hydrogens is 116 g/mol. The first-order valence-corrected chi connectivity index (χ1v) is 4.92. The van der Waals surface area contributed by atoms with Crippen molar-refractivity contribution in [1.29, 1.82) is 0 Å². The molecule has 1 fully saturated rings. The Morgan fingerprint density at radius 3 is 2.88 bits per heavy atom. The van der Waals surface area contributed by atoms with Gasteiger partial charge in [0, 0.05) is 11.0 Å². The fourth-order valence-electron chi connectivity index (χ4n) is 1.56. The second kappa shape index (κ2) is 1.60. The minimum absolute atomic E-state index is 0.873. The van der Waals surface area contributed by atoms with Gasteiger partial charge in [-0.1, -0.05) is 6.92 Å². The van der Waals surface area contributed by atoms with E-state index >= 15 is 0 Å². The summed E-state index contributed by atoms with van der Waals surface area (Å²) in [6.45, 7) is 2.31. The average molecular weight is 128 g/mol. The van der Waals surface area contributed by atoms with Crippen LogP contribution < -0.4 is 0 Å². The van der Waals surface area contributed by atoms with Crippen LogP contribution in [0, 0.1) is 0 Å². The number of hydrogen-bond acceptors (Lipinski definition) is 0. The van der Waals surface area contributed by atoms with Gasteiger partial charge >= 0.3 is 0 Å². The van der Waals surface area contributed by atoms with Gasteiger partial charge in [-0.3, -0.25) is 0 Å². The van der Waals surface area contributed by atoms with Crippen molar-refractivity contribution >= 4 is 15.3 Å². The molecule has 8 heavy (non-hydrogen) atoms. The second-order valence-electron chi connectivity index (χ2n) is 2.65. The normalized spacial score (nSPS) is 42.4. The van der Waals surface area contributed by atoms with Crippen LogP contribution in [0.4, 0.5) is 0 Å². The van der Waals surface area contributed by atoms with Gasteiger partial charge in [-0.25, -0.2) is 0 Å². The summed E-state index contributed by atoms with van der Waals surface area (Å²) in [5, 5.41) is 1.19. The zero-order valence-corrected chi connectivity index (χ0v) is 6.13. The molecule has 0 aromatic carbocycles. The molecular formula is C7H12S. The summed E-state index contributed by atoms with van der Waals surface area (Å²) in [7, 11) is 0.873. The Labute approximate surface area is 53.2 Å². The smallest absolute Gasteiger partial charge is 0.00871 e. The summed E-state index contributed by atoms with van der Waals surface area (Å²) < 4.78 is 0. The molecule has 1 saturated heterocycles. The zero-order valence-electron chi connectivity index (χ0n) is 5.31. The molecule has 2 aliphatic rings. The van der Waals surface area contributed by atoms with E-state index in [2.05, 4.69) is 6.92 Å². The Bertz CT molecular complexity index is 146. The van der Waals surface area contributed by atoms with Crippen molar-refractivity contribution in [3.05, 3.63) is 0 Å². The van der Waals surface area contributed by atoms with Crippen LogP contribution in [-0.2, 0) is 0 Å². The van der Waals surface area contributed by atoms with Gasteiger partial charge < -0.3 is 0 Å². The molecule has 0 aromatic heterocycles. The Balaban J connectivity index is 2.21. The van der Waals surface area contributed by atoms with Crippen LogP contribution in [0.3, 0.4) is 0 Å². The third kappa shape index (κ3) is 0.572. The SMILES string of the molecule is CCC1=S2CC2CC1. The average Bonchev–Trinajstić information content (AvgIpc) is 2.46. The first-order chi connectivity index (χ1) is 3.92. The van der Waals surface area contributed by atoms with Crippen molar-refractivity contribution in [2.75, 3.05) is 5.75 Å². The molecule has 0 N–H and O–H groups in total. The van der Waals surface area contributed by atoms with Crippen LogP contribution in [-0.4, -0.2) is 15.9 Å². The van der Waals surface area contributed by atoms with E-state index in [1.807, 2.05) is 4.86 Å². The monoisotopic (exact) mass is 128 g/mol. The first-order valence-electron chi connectivity index (χ1n) is 3.46. The quantitative estimate of drug-likeness (QED) is 0.374. The molecule has 0 bridgehead atoms. The standard InChI is InChI=1S/C7H12S/c1-2-6-3-4-7-5-8(6)7/h7H,2-5H2,1H3. The molecule has 0 radical (unpaired) electrons. The topological polar surface area (TPSA) is 0 Å². The fourth-order valence-corrected chi connectivity index (χ4v) is 4.11. The first kappa shape index (κ1) is 5.04. The van der Waals surface area contributed by atoms with Crippen LogP contribution >= 0.6 is 10.5 Å². The van der Waals surface area contributed by atoms with Crippen LogP contribution in [0.2, 0.25) is 0 Å². The van der Waals surface area contributed by atoms with Crippen molar-refractivity contribution in [2.24, 2.45) is 0 Å². The molecule has 46 valence electrons. The van der Waals surface area contributed by atoms with Crippen molar-refractivity contribution in [2.45, 2.75) is 31.4 Å². The van der Waals surface area contributed by atoms with Gasteiger partial charge in [0.1, 0.15) is 0 Å². The van der Waals surface area contributed by atoms with E-state index in [0.717, 1.165) is 10.5 Å². The molecule has 0 amide bonds. The van der Waals surface area contributed by atoms with Gasteiger partial charge in [0.25, 0.3) is 0 Å². The van der Waals surface area contributed by atoms with Crippen LogP contribution in [0.1, 0.15) is 26.2 Å². The van der Waals surface area contributed by atoms with Crippen molar-refractivity contribution in [3.8, 4) is 0 Å². The van der Waals surface area contributed by atoms with Crippen LogP contribution in [0.5, 0.6) is 0 Å². The van der Waals surface area contributed by atoms with E-state index in [9.17, 15) is 0 Å². The largest absolute Gasteiger partial charge is 0.182 e. The predicted molar refractivity (Wildman–Crippen MR) is 40.8 cm³/mol. The third-order valence-electron chi connectivity index (χ3n) is 2.16. The minimum Gasteiger partial charge on any atom is -0.182 e. The molecule has 0 aromatic rings. The van der Waals surface area contributed by atoms with Crippen molar-refractivity contribution in [3.63, 3.8) is 0 Å². The zero-order chi connectivity index (χ0) is 5.56. The van der Waals surface area contributed by atoms with Gasteiger partial charge in [-0.2, -0.15) is 10.5 Å². The minimum atomic E-state index is 0.873. The van der Waals surface area contributed by atoms with Crippen molar-refractivity contribution < 1.29 is 0 Å². The highest BCUT2D eigenvalue weighted by Gasteiger charge is 2.35. The summed E-state index contributed by atoms with van der Waals surface area (Å²) in [6.07, 6.45) is 4.39. The molecule has 2 heterocycles. The number of hydrogen-bond donors (Lipinski definition) is 0. The lowest BCUT2D eigenvalue weighted by molar-refractivity contribution is 0.917. The summed E-state index contributed by atoms with van der Waals surface area (Å²) in [6, 6.07) is 0. The van der Waals surface area contributed by atoms with E-state index < -0.39 is 0 Å². The molecule has 0 aliphatic carbocycles. The van der Waals surface area contributed by atoms with E-state index in [-0.39, 0.29) is 0 Å². The van der Waals surface area contributed by atoms with Gasteiger partial charge in [0.05, 0.1) is 0 Å². The second-order valence-corrected chi connectivity index (χ2v) is 5.08. The summed E-state index contributed by atoms with van der Waals surface area (Å²) in [5.41, 5.74) is 0. The van der Waals surface area contributed by atoms with Crippen LogP contribution in [0.25, 0.3) is 0 Å². The van der Waals surface area contributed by atoms with Gasteiger partial charge in [-0.15, -0.1) is 0 Å². The highest BCUT2D eigenvalue weighted by Crippen LogP contribution is 2.50. The molecule has 2 rings (SSSR count). The Kier molecular flexibility index (Phi) is 1.01. The van der Waals surface area contributed by atoms with Gasteiger partial charge in [0.15, 0.2) is 0 Å². The van der Waals surface area contributed by atoms with E-state index in [4.69, 9.17) is 0 Å². The maximum atomic E-state index is 2.31. The highest BCUT2D eigenvalue weighted by atomic mass is 32.2. The predicted octanol–water partition coefficient (Wildman–Crippen LogP) is 2.01. The maximum absolute atomic E-state index is 2.31. The summed E-state index contributed by atoms with van der Waals surface area (Å²) in [5.74, 6) is 1.57. The molecule has 2 aliphatic heterocycles. The highest BCUT2D eigenvalue weighted by molar-refractivity contribution is 8.23. The van der Waals surface area contributed by atoms with Gasteiger partial charge in [0.2, 0.25) is 0 Å². The molecule has 0 spiro atoms. The number of rotatable bonds is 1. The molecule has 2 unspecified atom stereocenters. The molecule has 0 saturated carbocycles. The third-order valence-corrected chi connectivity index (χ3v) is 4.94. The van der Waals surface area contributed by atoms with Crippen LogP contribution in [0.15, 0.2) is 0 Å². The number of fused-ring (bicyclic) bond motifs is 1. The van der Waals surface area contributed by atoms with Gasteiger partial charge in [-0.05, 0) is 24.1 Å². The molecule has 0 nitrogen and oxygen atoms in total. The maximum Gasteiger partial charge on any atom is 0.00871 e. The Hall–Kier alpha value is 0.220.